The molecule has 1 saturated heterocycles. The Morgan fingerprint density at radius 3 is 2.54 bits per heavy atom. The van der Waals surface area contributed by atoms with Gasteiger partial charge in [0, 0.05) is 24.2 Å². The number of nitrogens with zero attached hydrogens (tertiary/aromatic N) is 2. The highest BCUT2D eigenvalue weighted by Crippen LogP contribution is 2.37. The molecule has 0 atom stereocenters. The first kappa shape index (κ1) is 20.8. The van der Waals surface area contributed by atoms with E-state index < -0.39 is 21.3 Å². The second-order valence-electron chi connectivity index (χ2n) is 6.52. The van der Waals surface area contributed by atoms with E-state index in [4.69, 9.17) is 34.5 Å². The van der Waals surface area contributed by atoms with E-state index in [0.29, 0.717) is 5.02 Å². The van der Waals surface area contributed by atoms with Gasteiger partial charge in [-0.05, 0) is 30.3 Å². The minimum atomic E-state index is -3.85. The van der Waals surface area contributed by atoms with Crippen LogP contribution in [0.15, 0.2) is 41.3 Å². The van der Waals surface area contributed by atoms with Gasteiger partial charge in [-0.2, -0.15) is 4.31 Å². The smallest absolute Gasteiger partial charge is 0.244 e. The number of aliphatic hydroxyl groups excluding tert-OH is 1. The van der Waals surface area contributed by atoms with Crippen molar-refractivity contribution in [3.63, 3.8) is 0 Å². The number of aliphatic hydroxyl groups is 1. The van der Waals surface area contributed by atoms with Crippen LogP contribution in [0, 0.1) is 17.8 Å². The lowest BCUT2D eigenvalue weighted by Gasteiger charge is -2.47. The Morgan fingerprint density at radius 2 is 1.96 bits per heavy atom. The molecule has 0 aromatic heterocycles. The molecule has 0 unspecified atom stereocenters. The van der Waals surface area contributed by atoms with Gasteiger partial charge in [0.2, 0.25) is 15.7 Å². The average Bonchev–Trinajstić information content (AvgIpc) is 2.60. The van der Waals surface area contributed by atoms with E-state index in [0.717, 1.165) is 6.07 Å². The van der Waals surface area contributed by atoms with Crippen molar-refractivity contribution in [3.05, 3.63) is 63.7 Å². The number of hydrogen-bond donors (Lipinski definition) is 1. The third-order valence-corrected chi connectivity index (χ3v) is 6.97. The van der Waals surface area contributed by atoms with Gasteiger partial charge < -0.3 is 9.84 Å². The second-order valence-corrected chi connectivity index (χ2v) is 9.27. The topological polar surface area (TPSA) is 71.2 Å². The number of sulfonamides is 1. The van der Waals surface area contributed by atoms with E-state index in [1.165, 1.54) is 34.6 Å². The molecule has 2 aromatic rings. The Balaban J connectivity index is 1.69. The molecule has 1 heterocycles. The van der Waals surface area contributed by atoms with Crippen LogP contribution in [0.5, 0.6) is 5.75 Å². The van der Waals surface area contributed by atoms with Crippen molar-refractivity contribution in [2.75, 3.05) is 26.3 Å². The molecule has 148 valence electrons. The molecule has 1 fully saturated rings. The molecule has 0 amide bonds. The molecule has 10 heteroatoms. The first-order valence-electron chi connectivity index (χ1n) is 8.07. The number of benzene rings is 2. The Bertz CT molecular complexity index is 1050. The van der Waals surface area contributed by atoms with Crippen molar-refractivity contribution in [1.29, 1.82) is 0 Å². The largest absolute Gasteiger partial charge is 0.493 e. The van der Waals surface area contributed by atoms with Crippen LogP contribution in [0.4, 0.5) is 10.1 Å². The maximum atomic E-state index is 13.7. The molecule has 2 aromatic carbocycles. The highest BCUT2D eigenvalue weighted by atomic mass is 35.5. The van der Waals surface area contributed by atoms with Crippen LogP contribution < -0.4 is 4.74 Å². The number of rotatable bonds is 6. The average molecular weight is 445 g/mol. The minimum absolute atomic E-state index is 0.0132. The van der Waals surface area contributed by atoms with Gasteiger partial charge in [0.05, 0.1) is 30.2 Å². The number of halogens is 3. The lowest BCUT2D eigenvalue weighted by atomic mass is 9.83. The summed E-state index contributed by atoms with van der Waals surface area (Å²) in [7, 11) is -3.85. The maximum Gasteiger partial charge on any atom is 0.244 e. The molecule has 28 heavy (non-hydrogen) atoms. The highest BCUT2D eigenvalue weighted by molar-refractivity contribution is 7.89. The van der Waals surface area contributed by atoms with Crippen LogP contribution in [0.2, 0.25) is 10.0 Å². The van der Waals surface area contributed by atoms with E-state index in [2.05, 4.69) is 4.85 Å². The first-order valence-corrected chi connectivity index (χ1v) is 10.3. The van der Waals surface area contributed by atoms with Crippen molar-refractivity contribution in [1.82, 2.24) is 4.31 Å². The molecule has 1 aliphatic heterocycles. The predicted molar refractivity (Wildman–Crippen MR) is 103 cm³/mol. The number of ether oxygens (including phenoxy) is 1. The molecule has 0 aliphatic carbocycles. The minimum Gasteiger partial charge on any atom is -0.493 e. The molecule has 0 saturated carbocycles. The van der Waals surface area contributed by atoms with Crippen LogP contribution >= 0.6 is 23.2 Å². The van der Waals surface area contributed by atoms with Crippen LogP contribution in [0.25, 0.3) is 4.85 Å². The quantitative estimate of drug-likeness (QED) is 0.688. The Kier molecular flexibility index (Phi) is 5.84. The van der Waals surface area contributed by atoms with E-state index in [-0.39, 0.29) is 47.7 Å². The molecule has 1 N–H and O–H groups in total. The van der Waals surface area contributed by atoms with Gasteiger partial charge in [0.15, 0.2) is 0 Å². The Morgan fingerprint density at radius 1 is 1.25 bits per heavy atom. The lowest BCUT2D eigenvalue weighted by Crippen LogP contribution is -2.62. The van der Waals surface area contributed by atoms with Gasteiger partial charge in [0.1, 0.15) is 16.5 Å². The molecular formula is C18H15Cl2FN2O4S. The van der Waals surface area contributed by atoms with Gasteiger partial charge in [-0.15, -0.1) is 0 Å². The SMILES string of the molecule is [C-]#[N+]c1ccc(OCC2(CO)CN(S(=O)(=O)c3ccc(Cl)cc3Cl)C2)cc1F. The molecule has 0 spiro atoms. The zero-order valence-corrected chi connectivity index (χ0v) is 16.7. The number of hydrogen-bond acceptors (Lipinski definition) is 4. The fraction of sp³-hybridized carbons (Fsp3) is 0.278. The Hall–Kier alpha value is -1.89. The molecule has 0 bridgehead atoms. The van der Waals surface area contributed by atoms with Crippen molar-refractivity contribution in [3.8, 4) is 5.75 Å². The fourth-order valence-electron chi connectivity index (χ4n) is 2.84. The second kappa shape index (κ2) is 7.85. The van der Waals surface area contributed by atoms with Crippen LogP contribution in [-0.4, -0.2) is 44.1 Å². The van der Waals surface area contributed by atoms with Crippen molar-refractivity contribution in [2.45, 2.75) is 4.90 Å². The molecule has 1 aliphatic rings. The standard InChI is InChI=1S/C18H15Cl2FN2O4S/c1-22-16-4-3-13(7-15(16)21)27-11-18(10-24)8-23(9-18)28(25,26)17-5-2-12(19)6-14(17)20/h2-7,24H,8-11H2. The molecular weight excluding hydrogens is 430 g/mol. The van der Waals surface area contributed by atoms with E-state index in [1.54, 1.807) is 0 Å². The van der Waals surface area contributed by atoms with Crippen molar-refractivity contribution in [2.24, 2.45) is 5.41 Å². The fourth-order valence-corrected chi connectivity index (χ4v) is 5.25. The molecule has 6 nitrogen and oxygen atoms in total. The summed E-state index contributed by atoms with van der Waals surface area (Å²) in [5.74, 6) is -0.513. The summed E-state index contributed by atoms with van der Waals surface area (Å²) in [6.45, 7) is 6.56. The maximum absolute atomic E-state index is 13.7. The van der Waals surface area contributed by atoms with Gasteiger partial charge >= 0.3 is 0 Å². The monoisotopic (exact) mass is 444 g/mol. The third-order valence-electron chi connectivity index (χ3n) is 4.46. The van der Waals surface area contributed by atoms with Crippen LogP contribution in [0.1, 0.15) is 0 Å². The van der Waals surface area contributed by atoms with Gasteiger partial charge in [-0.3, -0.25) is 0 Å². The summed E-state index contributed by atoms with van der Waals surface area (Å²) >= 11 is 11.8. The zero-order valence-electron chi connectivity index (χ0n) is 14.4. The Labute approximate surface area is 171 Å². The molecule has 3 rings (SSSR count). The van der Waals surface area contributed by atoms with Gasteiger partial charge in [0.25, 0.3) is 0 Å². The summed E-state index contributed by atoms with van der Waals surface area (Å²) < 4.78 is 45.9. The van der Waals surface area contributed by atoms with E-state index in [9.17, 15) is 17.9 Å². The summed E-state index contributed by atoms with van der Waals surface area (Å²) in [4.78, 5) is 2.96. The van der Waals surface area contributed by atoms with Crippen LogP contribution in [0.3, 0.4) is 0 Å². The third kappa shape index (κ3) is 3.95. The summed E-state index contributed by atoms with van der Waals surface area (Å²) in [6, 6.07) is 7.94. The summed E-state index contributed by atoms with van der Waals surface area (Å²) in [6.07, 6.45) is 0. The normalized spacial score (nSPS) is 16.2. The van der Waals surface area contributed by atoms with Gasteiger partial charge in [-0.25, -0.2) is 17.7 Å². The molecule has 0 radical (unpaired) electrons. The highest BCUT2D eigenvalue weighted by Gasteiger charge is 2.49. The predicted octanol–water partition coefficient (Wildman–Crippen LogP) is 3.75. The van der Waals surface area contributed by atoms with E-state index in [1.807, 2.05) is 0 Å². The van der Waals surface area contributed by atoms with Crippen molar-refractivity contribution >= 4 is 38.9 Å². The van der Waals surface area contributed by atoms with E-state index >= 15 is 0 Å². The first-order chi connectivity index (χ1) is 13.2. The van der Waals surface area contributed by atoms with Gasteiger partial charge in [-0.1, -0.05) is 23.2 Å². The summed E-state index contributed by atoms with van der Waals surface area (Å²) in [5, 5.41) is 10.1. The summed E-state index contributed by atoms with van der Waals surface area (Å²) in [5.41, 5.74) is -0.939. The lowest BCUT2D eigenvalue weighted by molar-refractivity contribution is -0.0272. The van der Waals surface area contributed by atoms with Crippen molar-refractivity contribution < 1.29 is 22.7 Å². The zero-order chi connectivity index (χ0) is 20.5. The van der Waals surface area contributed by atoms with Crippen LogP contribution in [-0.2, 0) is 10.0 Å².